The van der Waals surface area contributed by atoms with Gasteiger partial charge in [0.05, 0.1) is 0 Å². The summed E-state index contributed by atoms with van der Waals surface area (Å²) in [5.41, 5.74) is 2.39. The van der Waals surface area contributed by atoms with Gasteiger partial charge in [0.25, 0.3) is 0 Å². The zero-order chi connectivity index (χ0) is 9.26. The van der Waals surface area contributed by atoms with Crippen molar-refractivity contribution in [1.82, 2.24) is 5.32 Å². The average Bonchev–Trinajstić information content (AvgIpc) is 1.99. The Balaban J connectivity index is 2.29. The topological polar surface area (TPSA) is 12.0 Å². The summed E-state index contributed by atoms with van der Waals surface area (Å²) in [4.78, 5) is 0. The molecule has 0 aliphatic carbocycles. The van der Waals surface area contributed by atoms with E-state index in [2.05, 4.69) is 27.3 Å². The lowest BCUT2D eigenvalue weighted by atomic mass is 10.1. The Kier molecular flexibility index (Phi) is 2.47. The molecule has 1 N–H and O–H groups in total. The van der Waals surface area contributed by atoms with Gasteiger partial charge in [-0.05, 0) is 23.3 Å². The van der Waals surface area contributed by atoms with Crippen LogP contribution in [0.2, 0.25) is 0 Å². The zero-order valence-electron chi connectivity index (χ0n) is 6.98. The van der Waals surface area contributed by atoms with Gasteiger partial charge >= 0.3 is 0 Å². The minimum absolute atomic E-state index is 0.208. The van der Waals surface area contributed by atoms with E-state index < -0.39 is 0 Å². The molecule has 0 amide bonds. The number of nitrogens with one attached hydrogen (secondary N) is 1. The Hall–Kier alpha value is -0.670. The SMILES string of the molecule is Fc1ccc(C=C2CNC2)c(Br)c1. The van der Waals surface area contributed by atoms with Crippen molar-refractivity contribution >= 4 is 22.0 Å². The van der Waals surface area contributed by atoms with Gasteiger partial charge in [-0.25, -0.2) is 4.39 Å². The lowest BCUT2D eigenvalue weighted by Gasteiger charge is -2.18. The van der Waals surface area contributed by atoms with Gasteiger partial charge in [-0.3, -0.25) is 0 Å². The maximum Gasteiger partial charge on any atom is 0.124 e. The van der Waals surface area contributed by atoms with Crippen molar-refractivity contribution < 1.29 is 4.39 Å². The molecular weight excluding hydrogens is 233 g/mol. The monoisotopic (exact) mass is 241 g/mol. The van der Waals surface area contributed by atoms with Gasteiger partial charge in [0, 0.05) is 17.6 Å². The summed E-state index contributed by atoms with van der Waals surface area (Å²) in [6, 6.07) is 4.74. The fourth-order valence-corrected chi connectivity index (χ4v) is 1.68. The first-order chi connectivity index (χ1) is 6.25. The van der Waals surface area contributed by atoms with Crippen molar-refractivity contribution in [2.75, 3.05) is 13.1 Å². The van der Waals surface area contributed by atoms with Crippen LogP contribution in [0.5, 0.6) is 0 Å². The van der Waals surface area contributed by atoms with Gasteiger partial charge in [-0.1, -0.05) is 28.1 Å². The minimum Gasteiger partial charge on any atom is -0.309 e. The standard InChI is InChI=1S/C10H9BrFN/c11-10-4-9(12)2-1-8(10)3-7-5-13-6-7/h1-4,13H,5-6H2. The second-order valence-corrected chi connectivity index (χ2v) is 3.93. The molecule has 0 bridgehead atoms. The van der Waals surface area contributed by atoms with E-state index in [1.807, 2.05) is 0 Å². The zero-order valence-corrected chi connectivity index (χ0v) is 8.57. The summed E-state index contributed by atoms with van der Waals surface area (Å²) in [6.45, 7) is 1.90. The highest BCUT2D eigenvalue weighted by Gasteiger charge is 2.07. The van der Waals surface area contributed by atoms with Gasteiger partial charge < -0.3 is 5.32 Å². The second kappa shape index (κ2) is 3.60. The van der Waals surface area contributed by atoms with E-state index in [4.69, 9.17) is 0 Å². The molecule has 1 fully saturated rings. The molecule has 1 saturated heterocycles. The van der Waals surface area contributed by atoms with E-state index in [0.29, 0.717) is 0 Å². The molecular formula is C10H9BrFN. The highest BCUT2D eigenvalue weighted by Crippen LogP contribution is 2.21. The second-order valence-electron chi connectivity index (χ2n) is 3.07. The number of hydrogen-bond acceptors (Lipinski definition) is 1. The maximum atomic E-state index is 12.7. The Labute approximate surface area is 84.8 Å². The first kappa shape index (κ1) is 8.91. The third kappa shape index (κ3) is 1.98. The molecule has 2 rings (SSSR count). The van der Waals surface area contributed by atoms with Crippen LogP contribution in [0.15, 0.2) is 28.2 Å². The van der Waals surface area contributed by atoms with Crippen LogP contribution >= 0.6 is 15.9 Å². The molecule has 3 heteroatoms. The highest BCUT2D eigenvalue weighted by atomic mass is 79.9. The molecule has 1 aromatic rings. The van der Waals surface area contributed by atoms with Crippen LogP contribution in [0, 0.1) is 5.82 Å². The predicted molar refractivity (Wildman–Crippen MR) is 54.9 cm³/mol. The predicted octanol–water partition coefficient (Wildman–Crippen LogP) is 2.57. The van der Waals surface area contributed by atoms with E-state index >= 15 is 0 Å². The van der Waals surface area contributed by atoms with Gasteiger partial charge in [-0.15, -0.1) is 0 Å². The minimum atomic E-state index is -0.208. The number of rotatable bonds is 1. The fraction of sp³-hybridized carbons (Fsp3) is 0.200. The van der Waals surface area contributed by atoms with Gasteiger partial charge in [-0.2, -0.15) is 0 Å². The molecule has 1 aromatic carbocycles. The molecule has 0 atom stereocenters. The number of halogens is 2. The third-order valence-corrected chi connectivity index (χ3v) is 2.71. The smallest absolute Gasteiger partial charge is 0.124 e. The maximum absolute atomic E-state index is 12.7. The van der Waals surface area contributed by atoms with Crippen LogP contribution in [-0.4, -0.2) is 13.1 Å². The first-order valence-electron chi connectivity index (χ1n) is 4.11. The van der Waals surface area contributed by atoms with Crippen LogP contribution in [0.25, 0.3) is 6.08 Å². The quantitative estimate of drug-likeness (QED) is 0.798. The lowest BCUT2D eigenvalue weighted by molar-refractivity contribution is 0.626. The van der Waals surface area contributed by atoms with Crippen LogP contribution < -0.4 is 5.32 Å². The van der Waals surface area contributed by atoms with E-state index in [1.165, 1.54) is 17.7 Å². The number of benzene rings is 1. The summed E-state index contributed by atoms with van der Waals surface area (Å²) < 4.78 is 13.5. The van der Waals surface area contributed by atoms with Gasteiger partial charge in [0.15, 0.2) is 0 Å². The summed E-state index contributed by atoms with van der Waals surface area (Å²) in [5.74, 6) is -0.208. The summed E-state index contributed by atoms with van der Waals surface area (Å²) in [6.07, 6.45) is 2.08. The van der Waals surface area contributed by atoms with Crippen LogP contribution in [-0.2, 0) is 0 Å². The Morgan fingerprint density at radius 1 is 1.38 bits per heavy atom. The van der Waals surface area contributed by atoms with Crippen molar-refractivity contribution in [3.8, 4) is 0 Å². The molecule has 0 saturated carbocycles. The van der Waals surface area contributed by atoms with Crippen LogP contribution in [0.1, 0.15) is 5.56 Å². The molecule has 0 radical (unpaired) electrons. The molecule has 1 aliphatic heterocycles. The van der Waals surface area contributed by atoms with E-state index in [9.17, 15) is 4.39 Å². The van der Waals surface area contributed by atoms with Gasteiger partial charge in [0.1, 0.15) is 5.82 Å². The van der Waals surface area contributed by atoms with Crippen molar-refractivity contribution in [3.05, 3.63) is 39.6 Å². The Bertz CT molecular complexity index is 354. The third-order valence-electron chi connectivity index (χ3n) is 2.03. The van der Waals surface area contributed by atoms with Crippen molar-refractivity contribution in [2.24, 2.45) is 0 Å². The lowest BCUT2D eigenvalue weighted by Crippen LogP contribution is -2.33. The fourth-order valence-electron chi connectivity index (χ4n) is 1.21. The molecule has 0 spiro atoms. The van der Waals surface area contributed by atoms with E-state index in [0.717, 1.165) is 23.1 Å². The molecule has 0 aromatic heterocycles. The van der Waals surface area contributed by atoms with Crippen molar-refractivity contribution in [1.29, 1.82) is 0 Å². The van der Waals surface area contributed by atoms with Gasteiger partial charge in [0.2, 0.25) is 0 Å². The summed E-state index contributed by atoms with van der Waals surface area (Å²) in [5, 5.41) is 3.15. The van der Waals surface area contributed by atoms with Crippen LogP contribution in [0.3, 0.4) is 0 Å². The summed E-state index contributed by atoms with van der Waals surface area (Å²) >= 11 is 3.32. The Morgan fingerprint density at radius 2 is 2.15 bits per heavy atom. The molecule has 68 valence electrons. The highest BCUT2D eigenvalue weighted by molar-refractivity contribution is 9.10. The molecule has 1 heterocycles. The molecule has 1 nitrogen and oxygen atoms in total. The largest absolute Gasteiger partial charge is 0.309 e. The first-order valence-corrected chi connectivity index (χ1v) is 4.90. The molecule has 1 aliphatic rings. The van der Waals surface area contributed by atoms with E-state index in [1.54, 1.807) is 6.07 Å². The molecule has 0 unspecified atom stereocenters. The molecule has 13 heavy (non-hydrogen) atoms. The number of hydrogen-bond donors (Lipinski definition) is 1. The van der Waals surface area contributed by atoms with Crippen molar-refractivity contribution in [2.45, 2.75) is 0 Å². The van der Waals surface area contributed by atoms with E-state index in [-0.39, 0.29) is 5.82 Å². The normalized spacial score (nSPS) is 15.4. The van der Waals surface area contributed by atoms with Crippen LogP contribution in [0.4, 0.5) is 4.39 Å². The summed E-state index contributed by atoms with van der Waals surface area (Å²) in [7, 11) is 0. The Morgan fingerprint density at radius 3 is 2.69 bits per heavy atom. The average molecular weight is 242 g/mol. The van der Waals surface area contributed by atoms with Crippen molar-refractivity contribution in [3.63, 3.8) is 0 Å².